The average molecular weight is 924 g/mol. The summed E-state index contributed by atoms with van der Waals surface area (Å²) >= 11 is 0. The summed E-state index contributed by atoms with van der Waals surface area (Å²) in [4.78, 5) is 23.2. The standard InChI is InChI=1S/C55H107N2O6P/c1-6-8-10-12-14-16-18-20-22-24-25-26-27-28-29-30-31-33-34-36-38-40-42-44-46-48-54(58)53(52-63-64(60,61)62-51-50-57(3,4)5)56-55(59)49-47-45-43-41-39-37-35-32-23-21-19-17-15-13-11-9-7-2/h15,17,21,23,46,48,53-54,58H,6-14,16,18-20,22,24-45,47,49-52H2,1-5H3,(H-,56,59,60,61)/p+1/b17-15-,23-21-,48-46+. The Labute approximate surface area is 397 Å². The van der Waals surface area contributed by atoms with Crippen molar-refractivity contribution in [2.45, 2.75) is 270 Å². The van der Waals surface area contributed by atoms with Gasteiger partial charge in [-0.25, -0.2) is 4.57 Å². The molecular formula is C55H108N2O6P+. The predicted molar refractivity (Wildman–Crippen MR) is 277 cm³/mol. The van der Waals surface area contributed by atoms with Crippen LogP contribution in [-0.2, 0) is 18.4 Å². The molecule has 0 aromatic carbocycles. The third-order valence-corrected chi connectivity index (χ3v) is 13.3. The third kappa shape index (κ3) is 48.6. The Morgan fingerprint density at radius 1 is 0.531 bits per heavy atom. The highest BCUT2D eigenvalue weighted by atomic mass is 31.2. The molecule has 0 heterocycles. The molecule has 64 heavy (non-hydrogen) atoms. The van der Waals surface area contributed by atoms with Crippen LogP contribution in [0, 0.1) is 0 Å². The van der Waals surface area contributed by atoms with Crippen LogP contribution in [0.25, 0.3) is 0 Å². The van der Waals surface area contributed by atoms with Crippen LogP contribution < -0.4 is 5.32 Å². The molecule has 0 radical (unpaired) electrons. The first-order chi connectivity index (χ1) is 31.0. The summed E-state index contributed by atoms with van der Waals surface area (Å²) in [6.07, 6.45) is 59.5. The van der Waals surface area contributed by atoms with E-state index in [9.17, 15) is 19.4 Å². The average Bonchev–Trinajstić information content (AvgIpc) is 3.25. The number of allylic oxidation sites excluding steroid dienone is 5. The number of rotatable bonds is 50. The molecule has 378 valence electrons. The number of unbranched alkanes of at least 4 members (excludes halogenated alkanes) is 33. The van der Waals surface area contributed by atoms with Crippen molar-refractivity contribution in [2.75, 3.05) is 40.9 Å². The van der Waals surface area contributed by atoms with E-state index in [2.05, 4.69) is 43.5 Å². The van der Waals surface area contributed by atoms with Crippen LogP contribution >= 0.6 is 7.82 Å². The maximum Gasteiger partial charge on any atom is 0.472 e. The number of aliphatic hydroxyl groups is 1. The van der Waals surface area contributed by atoms with Gasteiger partial charge in [0, 0.05) is 6.42 Å². The molecule has 3 unspecified atom stereocenters. The van der Waals surface area contributed by atoms with Gasteiger partial charge in [-0.3, -0.25) is 13.8 Å². The van der Waals surface area contributed by atoms with Crippen molar-refractivity contribution < 1.29 is 32.9 Å². The maximum absolute atomic E-state index is 12.9. The van der Waals surface area contributed by atoms with E-state index < -0.39 is 20.0 Å². The van der Waals surface area contributed by atoms with Crippen LogP contribution in [0.15, 0.2) is 36.5 Å². The van der Waals surface area contributed by atoms with Crippen molar-refractivity contribution in [2.24, 2.45) is 0 Å². The monoisotopic (exact) mass is 924 g/mol. The Bertz CT molecular complexity index is 1140. The van der Waals surface area contributed by atoms with E-state index in [1.165, 1.54) is 186 Å². The van der Waals surface area contributed by atoms with E-state index in [1.54, 1.807) is 6.08 Å². The lowest BCUT2D eigenvalue weighted by atomic mass is 10.0. The van der Waals surface area contributed by atoms with Crippen LogP contribution in [0.3, 0.4) is 0 Å². The lowest BCUT2D eigenvalue weighted by Gasteiger charge is -2.25. The first kappa shape index (κ1) is 62.7. The minimum Gasteiger partial charge on any atom is -0.387 e. The van der Waals surface area contributed by atoms with E-state index in [-0.39, 0.29) is 19.1 Å². The van der Waals surface area contributed by atoms with E-state index in [0.717, 1.165) is 51.4 Å². The lowest BCUT2D eigenvalue weighted by Crippen LogP contribution is -2.45. The largest absolute Gasteiger partial charge is 0.472 e. The van der Waals surface area contributed by atoms with Crippen LogP contribution in [0.4, 0.5) is 0 Å². The molecule has 0 rings (SSSR count). The minimum absolute atomic E-state index is 0.0600. The number of amides is 1. The highest BCUT2D eigenvalue weighted by molar-refractivity contribution is 7.47. The zero-order valence-corrected chi connectivity index (χ0v) is 43.9. The molecule has 0 fully saturated rings. The molecule has 0 aliphatic carbocycles. The summed E-state index contributed by atoms with van der Waals surface area (Å²) in [5.41, 5.74) is 0. The highest BCUT2D eigenvalue weighted by Gasteiger charge is 2.27. The topological polar surface area (TPSA) is 105 Å². The molecule has 0 saturated heterocycles. The molecule has 9 heteroatoms. The number of hydrogen-bond acceptors (Lipinski definition) is 5. The zero-order valence-electron chi connectivity index (χ0n) is 43.0. The fourth-order valence-electron chi connectivity index (χ4n) is 8.01. The number of aliphatic hydroxyl groups excluding tert-OH is 1. The van der Waals surface area contributed by atoms with Gasteiger partial charge in [-0.1, -0.05) is 237 Å². The normalized spacial score (nSPS) is 14.3. The van der Waals surface area contributed by atoms with Crippen molar-refractivity contribution in [1.29, 1.82) is 0 Å². The molecule has 0 saturated carbocycles. The molecule has 0 spiro atoms. The third-order valence-electron chi connectivity index (χ3n) is 12.4. The number of carbonyl (C=O) groups is 1. The Hall–Kier alpha value is -1.28. The van der Waals surface area contributed by atoms with Gasteiger partial charge in [0.15, 0.2) is 0 Å². The minimum atomic E-state index is -4.35. The van der Waals surface area contributed by atoms with Gasteiger partial charge in [-0.2, -0.15) is 0 Å². The van der Waals surface area contributed by atoms with Crippen molar-refractivity contribution in [3.05, 3.63) is 36.5 Å². The second kappa shape index (κ2) is 46.8. The van der Waals surface area contributed by atoms with Crippen LogP contribution in [0.1, 0.15) is 258 Å². The Balaban J connectivity index is 4.24. The molecule has 0 bridgehead atoms. The molecule has 3 N–H and O–H groups in total. The molecule has 1 amide bonds. The van der Waals surface area contributed by atoms with Crippen molar-refractivity contribution >= 4 is 13.7 Å². The summed E-state index contributed by atoms with van der Waals surface area (Å²) in [7, 11) is 1.57. The highest BCUT2D eigenvalue weighted by Crippen LogP contribution is 2.43. The fourth-order valence-corrected chi connectivity index (χ4v) is 8.75. The van der Waals surface area contributed by atoms with E-state index >= 15 is 0 Å². The fraction of sp³-hybridized carbons (Fsp3) is 0.873. The van der Waals surface area contributed by atoms with Gasteiger partial charge in [0.05, 0.1) is 39.9 Å². The van der Waals surface area contributed by atoms with Crippen molar-refractivity contribution in [3.8, 4) is 0 Å². The van der Waals surface area contributed by atoms with E-state index in [1.807, 2.05) is 27.2 Å². The van der Waals surface area contributed by atoms with Gasteiger partial charge in [0.25, 0.3) is 0 Å². The number of nitrogens with zero attached hydrogens (tertiary/aromatic N) is 1. The molecule has 8 nitrogen and oxygen atoms in total. The number of likely N-dealkylation sites (N-methyl/N-ethyl adjacent to an activating group) is 1. The Morgan fingerprint density at radius 3 is 1.31 bits per heavy atom. The number of hydrogen-bond donors (Lipinski definition) is 3. The Morgan fingerprint density at radius 2 is 0.891 bits per heavy atom. The summed E-state index contributed by atoms with van der Waals surface area (Å²) in [5.74, 6) is -0.183. The Kier molecular flexibility index (Phi) is 45.9. The van der Waals surface area contributed by atoms with Crippen molar-refractivity contribution in [1.82, 2.24) is 5.32 Å². The van der Waals surface area contributed by atoms with Gasteiger partial charge in [0.2, 0.25) is 5.91 Å². The van der Waals surface area contributed by atoms with E-state index in [0.29, 0.717) is 17.4 Å². The van der Waals surface area contributed by atoms with Gasteiger partial charge in [-0.15, -0.1) is 0 Å². The number of nitrogens with one attached hydrogen (secondary N) is 1. The molecule has 0 aliphatic heterocycles. The summed E-state index contributed by atoms with van der Waals surface area (Å²) in [6, 6.07) is -0.851. The molecule has 0 aliphatic rings. The summed E-state index contributed by atoms with van der Waals surface area (Å²) < 4.78 is 23.7. The molecule has 0 aromatic heterocycles. The summed E-state index contributed by atoms with van der Waals surface area (Å²) in [6.45, 7) is 4.81. The van der Waals surface area contributed by atoms with Crippen LogP contribution in [0.2, 0.25) is 0 Å². The number of carbonyl (C=O) groups excluding carboxylic acids is 1. The van der Waals surface area contributed by atoms with Gasteiger partial charge in [0.1, 0.15) is 13.2 Å². The molecular weight excluding hydrogens is 816 g/mol. The van der Waals surface area contributed by atoms with Crippen LogP contribution in [-0.4, -0.2) is 73.4 Å². The number of phosphoric ester groups is 1. The quantitative estimate of drug-likeness (QED) is 0.0243. The van der Waals surface area contributed by atoms with Crippen molar-refractivity contribution in [3.63, 3.8) is 0 Å². The van der Waals surface area contributed by atoms with Crippen LogP contribution in [0.5, 0.6) is 0 Å². The molecule has 3 atom stereocenters. The van der Waals surface area contributed by atoms with E-state index in [4.69, 9.17) is 9.05 Å². The van der Waals surface area contributed by atoms with Gasteiger partial charge >= 0.3 is 7.82 Å². The lowest BCUT2D eigenvalue weighted by molar-refractivity contribution is -0.870. The molecule has 0 aromatic rings. The summed E-state index contributed by atoms with van der Waals surface area (Å²) in [5, 5.41) is 13.9. The second-order valence-corrected chi connectivity index (χ2v) is 21.4. The zero-order chi connectivity index (χ0) is 47.1. The maximum atomic E-state index is 12.9. The van der Waals surface area contributed by atoms with Gasteiger partial charge in [-0.05, 0) is 51.4 Å². The number of quaternary nitrogens is 1. The predicted octanol–water partition coefficient (Wildman–Crippen LogP) is 16.2. The van der Waals surface area contributed by atoms with Gasteiger partial charge < -0.3 is 19.8 Å². The SMILES string of the molecule is CCCCC/C=C\C/C=C\CCCCCCCCCC(=O)NC(COP(=O)(O)OCC[N+](C)(C)C)C(O)/C=C/CCCCCCCCCCCCCCCCCCCCCCCCC. The first-order valence-corrected chi connectivity index (χ1v) is 28.9. The number of phosphoric acid groups is 1. The smallest absolute Gasteiger partial charge is 0.387 e. The first-order valence-electron chi connectivity index (χ1n) is 27.4. The second-order valence-electron chi connectivity index (χ2n) is 20.0.